The minimum Gasteiger partial charge on any atom is -0.490 e. The third-order valence-electron chi connectivity index (χ3n) is 4.73. The van der Waals surface area contributed by atoms with Gasteiger partial charge in [-0.05, 0) is 49.2 Å². The number of carbonyl (C=O) groups excluding carboxylic acids is 1. The van der Waals surface area contributed by atoms with E-state index in [1.54, 1.807) is 6.07 Å². The van der Waals surface area contributed by atoms with Crippen molar-refractivity contribution in [1.82, 2.24) is 4.90 Å². The third-order valence-corrected chi connectivity index (χ3v) is 5.54. The minimum absolute atomic E-state index is 0.0391. The summed E-state index contributed by atoms with van der Waals surface area (Å²) in [4.78, 5) is 14.2. The molecule has 0 saturated carbocycles. The first kappa shape index (κ1) is 20.4. The van der Waals surface area contributed by atoms with E-state index in [9.17, 15) is 4.79 Å². The zero-order chi connectivity index (χ0) is 19.9. The molecule has 0 radical (unpaired) electrons. The number of para-hydroxylation sites is 1. The summed E-state index contributed by atoms with van der Waals surface area (Å²) >= 11 is 11.6. The van der Waals surface area contributed by atoms with Gasteiger partial charge >= 0.3 is 0 Å². The van der Waals surface area contributed by atoms with Crippen LogP contribution in [0.25, 0.3) is 0 Å². The van der Waals surface area contributed by atoms with Crippen molar-refractivity contribution in [1.29, 1.82) is 0 Å². The predicted octanol–water partition coefficient (Wildman–Crippen LogP) is 3.67. The van der Waals surface area contributed by atoms with Gasteiger partial charge in [-0.1, -0.05) is 36.0 Å². The Morgan fingerprint density at radius 3 is 2.36 bits per heavy atom. The lowest BCUT2D eigenvalue weighted by Crippen LogP contribution is -2.41. The number of nitrogens with two attached hydrogens (primary N) is 1. The third kappa shape index (κ3) is 5.36. The molecule has 7 heteroatoms. The second-order valence-electron chi connectivity index (χ2n) is 6.62. The van der Waals surface area contributed by atoms with Crippen molar-refractivity contribution in [2.24, 2.45) is 11.7 Å². The van der Waals surface area contributed by atoms with Crippen LogP contribution >= 0.6 is 23.8 Å². The van der Waals surface area contributed by atoms with Gasteiger partial charge in [-0.3, -0.25) is 4.79 Å². The summed E-state index contributed by atoms with van der Waals surface area (Å²) in [6.07, 6.45) is 1.50. The van der Waals surface area contributed by atoms with Gasteiger partial charge < -0.3 is 20.1 Å². The first-order valence-electron chi connectivity index (χ1n) is 9.23. The van der Waals surface area contributed by atoms with E-state index in [1.807, 2.05) is 42.5 Å². The molecule has 1 heterocycles. The number of ether oxygens (including phenoxy) is 2. The molecule has 28 heavy (non-hydrogen) atoms. The van der Waals surface area contributed by atoms with Gasteiger partial charge in [0.05, 0.1) is 5.02 Å². The molecule has 0 aromatic heterocycles. The molecule has 2 N–H and O–H groups in total. The average Bonchev–Trinajstić information content (AvgIpc) is 2.72. The molecular formula is C21H23ClN2O3S. The number of benzene rings is 2. The van der Waals surface area contributed by atoms with E-state index in [0.29, 0.717) is 24.0 Å². The van der Waals surface area contributed by atoms with Gasteiger partial charge in [-0.2, -0.15) is 0 Å². The van der Waals surface area contributed by atoms with Crippen LogP contribution in [0.2, 0.25) is 5.02 Å². The number of primary amides is 1. The highest BCUT2D eigenvalue weighted by atomic mass is 35.5. The van der Waals surface area contributed by atoms with E-state index in [1.165, 1.54) is 0 Å². The largest absolute Gasteiger partial charge is 0.490 e. The molecule has 2 aromatic carbocycles. The summed E-state index contributed by atoms with van der Waals surface area (Å²) in [7, 11) is 0. The van der Waals surface area contributed by atoms with E-state index in [2.05, 4.69) is 4.90 Å². The summed E-state index contributed by atoms with van der Waals surface area (Å²) in [5, 5.41) is 0.584. The number of carbonyl (C=O) groups is 1. The molecule has 1 saturated heterocycles. The molecule has 0 atom stereocenters. The fraction of sp³-hybridized carbons (Fsp3) is 0.333. The Bertz CT molecular complexity index is 821. The molecule has 1 amide bonds. The number of nitrogens with zero attached hydrogens (tertiary/aromatic N) is 1. The van der Waals surface area contributed by atoms with Crippen LogP contribution < -0.4 is 15.2 Å². The topological polar surface area (TPSA) is 64.8 Å². The van der Waals surface area contributed by atoms with Gasteiger partial charge in [0, 0.05) is 24.6 Å². The molecule has 148 valence electrons. The highest BCUT2D eigenvalue weighted by Crippen LogP contribution is 2.23. The predicted molar refractivity (Wildman–Crippen MR) is 114 cm³/mol. The summed E-state index contributed by atoms with van der Waals surface area (Å²) in [6.45, 7) is 2.32. The summed E-state index contributed by atoms with van der Waals surface area (Å²) in [5.41, 5.74) is 6.35. The van der Waals surface area contributed by atoms with Crippen LogP contribution in [0.3, 0.4) is 0 Å². The molecule has 5 nitrogen and oxygen atoms in total. The van der Waals surface area contributed by atoms with Crippen molar-refractivity contribution in [3.8, 4) is 11.5 Å². The zero-order valence-corrected chi connectivity index (χ0v) is 17.0. The van der Waals surface area contributed by atoms with E-state index in [4.69, 9.17) is 39.0 Å². The number of likely N-dealkylation sites (tertiary alicyclic amines) is 1. The Hall–Kier alpha value is -2.31. The summed E-state index contributed by atoms with van der Waals surface area (Å²) in [6, 6.07) is 15.0. The highest BCUT2D eigenvalue weighted by molar-refractivity contribution is 7.80. The summed E-state index contributed by atoms with van der Waals surface area (Å²) < 4.78 is 11.3. The number of hydrogen-bond donors (Lipinski definition) is 1. The van der Waals surface area contributed by atoms with Crippen molar-refractivity contribution in [2.45, 2.75) is 12.8 Å². The highest BCUT2D eigenvalue weighted by Gasteiger charge is 2.24. The molecule has 0 unspecified atom stereocenters. The van der Waals surface area contributed by atoms with Crippen LogP contribution in [0.1, 0.15) is 18.4 Å². The molecule has 1 fully saturated rings. The fourth-order valence-electron chi connectivity index (χ4n) is 3.12. The molecule has 2 aromatic rings. The van der Waals surface area contributed by atoms with Crippen molar-refractivity contribution in [2.75, 3.05) is 26.3 Å². The number of hydrogen-bond acceptors (Lipinski definition) is 4. The van der Waals surface area contributed by atoms with Crippen molar-refractivity contribution in [3.63, 3.8) is 0 Å². The van der Waals surface area contributed by atoms with E-state index in [0.717, 1.165) is 42.2 Å². The second kappa shape index (κ2) is 9.75. The van der Waals surface area contributed by atoms with Crippen LogP contribution in [0.15, 0.2) is 48.5 Å². The number of rotatable bonds is 7. The van der Waals surface area contributed by atoms with Crippen LogP contribution in [-0.4, -0.2) is 42.1 Å². The van der Waals surface area contributed by atoms with Gasteiger partial charge in [0.1, 0.15) is 29.7 Å². The van der Waals surface area contributed by atoms with E-state index < -0.39 is 0 Å². The van der Waals surface area contributed by atoms with Crippen LogP contribution in [-0.2, 0) is 4.79 Å². The van der Waals surface area contributed by atoms with Gasteiger partial charge in [0.2, 0.25) is 5.91 Å². The van der Waals surface area contributed by atoms with Crippen LogP contribution in [0.4, 0.5) is 0 Å². The average molecular weight is 419 g/mol. The van der Waals surface area contributed by atoms with Crippen LogP contribution in [0.5, 0.6) is 11.5 Å². The normalized spacial score (nSPS) is 14.5. The first-order chi connectivity index (χ1) is 13.5. The Balaban J connectivity index is 1.45. The Kier molecular flexibility index (Phi) is 7.12. The van der Waals surface area contributed by atoms with E-state index >= 15 is 0 Å². The smallest absolute Gasteiger partial charge is 0.220 e. The molecule has 0 spiro atoms. The van der Waals surface area contributed by atoms with Crippen LogP contribution in [0, 0.1) is 5.92 Å². The van der Waals surface area contributed by atoms with Crippen molar-refractivity contribution in [3.05, 3.63) is 59.1 Å². The Labute approximate surface area is 175 Å². The fourth-order valence-corrected chi connectivity index (χ4v) is 3.63. The molecule has 0 bridgehead atoms. The van der Waals surface area contributed by atoms with E-state index in [-0.39, 0.29) is 11.8 Å². The quantitative estimate of drug-likeness (QED) is 0.549. The molecule has 1 aliphatic heterocycles. The minimum atomic E-state index is -0.217. The maximum Gasteiger partial charge on any atom is 0.220 e. The van der Waals surface area contributed by atoms with Crippen molar-refractivity contribution >= 4 is 34.7 Å². The lowest BCUT2D eigenvalue weighted by molar-refractivity contribution is -0.122. The molecule has 0 aliphatic carbocycles. The monoisotopic (exact) mass is 418 g/mol. The Morgan fingerprint density at radius 1 is 1.07 bits per heavy atom. The van der Waals surface area contributed by atoms with Gasteiger partial charge in [0.25, 0.3) is 0 Å². The summed E-state index contributed by atoms with van der Waals surface area (Å²) in [5.74, 6) is 1.14. The lowest BCUT2D eigenvalue weighted by Gasteiger charge is -2.32. The Morgan fingerprint density at radius 2 is 1.71 bits per heavy atom. The van der Waals surface area contributed by atoms with Gasteiger partial charge in [-0.25, -0.2) is 0 Å². The van der Waals surface area contributed by atoms with Crippen molar-refractivity contribution < 1.29 is 14.3 Å². The zero-order valence-electron chi connectivity index (χ0n) is 15.5. The first-order valence-corrected chi connectivity index (χ1v) is 10.0. The molecule has 3 rings (SSSR count). The molecular weight excluding hydrogens is 396 g/mol. The number of thiocarbonyl (C=S) groups is 1. The maximum absolute atomic E-state index is 11.3. The molecule has 1 aliphatic rings. The SMILES string of the molecule is NC(=O)C1CCN(C(=S)c2ccc(OCCOc3ccccc3Cl)cc2)CC1. The van der Waals surface area contributed by atoms with Gasteiger partial charge in [0.15, 0.2) is 0 Å². The number of amides is 1. The number of halogens is 1. The standard InChI is InChI=1S/C21H23ClN2O3S/c22-18-3-1-2-4-19(18)27-14-13-26-17-7-5-16(6-8-17)21(28)24-11-9-15(10-12-24)20(23)25/h1-8,15H,9-14H2,(H2,23,25). The lowest BCUT2D eigenvalue weighted by atomic mass is 9.96. The second-order valence-corrected chi connectivity index (χ2v) is 7.41. The van der Waals surface area contributed by atoms with Gasteiger partial charge in [-0.15, -0.1) is 0 Å². The number of piperidine rings is 1. The maximum atomic E-state index is 11.3.